The highest BCUT2D eigenvalue weighted by molar-refractivity contribution is 7.22. The summed E-state index contributed by atoms with van der Waals surface area (Å²) >= 11 is 1.51. The largest absolute Gasteiger partial charge is 0.302 e. The van der Waals surface area contributed by atoms with E-state index in [2.05, 4.69) is 28.5 Å². The molecule has 1 N–H and O–H groups in total. The topological polar surface area (TPSA) is 42.0 Å². The van der Waals surface area contributed by atoms with Gasteiger partial charge in [-0.2, -0.15) is 0 Å². The molecule has 0 aliphatic heterocycles. The number of anilines is 1. The number of aromatic nitrogens is 1. The summed E-state index contributed by atoms with van der Waals surface area (Å²) in [5.74, 6) is -0.0388. The minimum absolute atomic E-state index is 0.0388. The first kappa shape index (κ1) is 14.8. The van der Waals surface area contributed by atoms with Crippen molar-refractivity contribution in [3.05, 3.63) is 71.8 Å². The Morgan fingerprint density at radius 3 is 2.71 bits per heavy atom. The number of hydrogen-bond acceptors (Lipinski definition) is 3. The van der Waals surface area contributed by atoms with Crippen molar-refractivity contribution in [2.75, 3.05) is 5.32 Å². The van der Waals surface area contributed by atoms with Gasteiger partial charge in [-0.3, -0.25) is 4.79 Å². The lowest BCUT2D eigenvalue weighted by Crippen LogP contribution is -2.14. The quantitative estimate of drug-likeness (QED) is 0.577. The summed E-state index contributed by atoms with van der Waals surface area (Å²) < 4.78 is 1.09. The Morgan fingerprint density at radius 2 is 1.83 bits per heavy atom. The second-order valence-corrected chi connectivity index (χ2v) is 6.83. The molecule has 0 fully saturated rings. The van der Waals surface area contributed by atoms with Crippen LogP contribution in [-0.2, 0) is 11.2 Å². The highest BCUT2D eigenvalue weighted by atomic mass is 32.1. The first-order chi connectivity index (χ1) is 11.7. The number of nitrogens with one attached hydrogen (secondary N) is 1. The molecule has 1 aromatic heterocycles. The zero-order valence-electron chi connectivity index (χ0n) is 13.2. The molecule has 0 radical (unpaired) electrons. The van der Waals surface area contributed by atoms with Crippen LogP contribution in [0.15, 0.2) is 60.7 Å². The Labute approximate surface area is 144 Å². The highest BCUT2D eigenvalue weighted by Crippen LogP contribution is 2.28. The van der Waals surface area contributed by atoms with Gasteiger partial charge in [0.2, 0.25) is 5.91 Å². The third-order valence-corrected chi connectivity index (χ3v) is 5.03. The third-order valence-electron chi connectivity index (χ3n) is 4.10. The maximum absolute atomic E-state index is 12.4. The molecule has 0 aliphatic carbocycles. The molecule has 0 spiro atoms. The number of hydrogen-bond donors (Lipinski definition) is 1. The van der Waals surface area contributed by atoms with Crippen molar-refractivity contribution < 1.29 is 4.79 Å². The number of para-hydroxylation sites is 1. The van der Waals surface area contributed by atoms with Crippen LogP contribution in [0, 0.1) is 6.92 Å². The molecule has 4 aromatic rings. The van der Waals surface area contributed by atoms with Gasteiger partial charge in [0.1, 0.15) is 0 Å². The molecule has 0 saturated heterocycles. The molecule has 0 bridgehead atoms. The maximum atomic E-state index is 12.4. The summed E-state index contributed by atoms with van der Waals surface area (Å²) in [7, 11) is 0. The van der Waals surface area contributed by atoms with Crippen molar-refractivity contribution in [2.24, 2.45) is 0 Å². The van der Waals surface area contributed by atoms with E-state index in [-0.39, 0.29) is 5.91 Å². The summed E-state index contributed by atoms with van der Waals surface area (Å²) in [6.45, 7) is 2.03. The summed E-state index contributed by atoms with van der Waals surface area (Å²) in [4.78, 5) is 17.0. The van der Waals surface area contributed by atoms with Crippen LogP contribution in [0.1, 0.15) is 11.1 Å². The molecular formula is C20H16N2OS. The number of benzene rings is 3. The van der Waals surface area contributed by atoms with Crippen molar-refractivity contribution in [3.8, 4) is 0 Å². The fraction of sp³-hybridized carbons (Fsp3) is 0.100. The van der Waals surface area contributed by atoms with Gasteiger partial charge in [-0.05, 0) is 34.9 Å². The van der Waals surface area contributed by atoms with E-state index in [0.29, 0.717) is 11.6 Å². The van der Waals surface area contributed by atoms with Gasteiger partial charge < -0.3 is 5.32 Å². The minimum atomic E-state index is -0.0388. The van der Waals surface area contributed by atoms with Crippen LogP contribution in [0.4, 0.5) is 5.13 Å². The number of fused-ring (bicyclic) bond motifs is 2. The Bertz CT molecular complexity index is 1050. The van der Waals surface area contributed by atoms with E-state index < -0.39 is 0 Å². The molecule has 0 unspecified atom stereocenters. The van der Waals surface area contributed by atoms with Crippen LogP contribution in [0.5, 0.6) is 0 Å². The smallest absolute Gasteiger partial charge is 0.230 e. The van der Waals surface area contributed by atoms with E-state index in [0.717, 1.165) is 32.1 Å². The van der Waals surface area contributed by atoms with Crippen LogP contribution >= 0.6 is 11.3 Å². The fourth-order valence-corrected chi connectivity index (χ4v) is 3.88. The van der Waals surface area contributed by atoms with Gasteiger partial charge in [-0.1, -0.05) is 65.9 Å². The number of carbonyl (C=O) groups excluding carboxylic acids is 1. The third kappa shape index (κ3) is 2.76. The monoisotopic (exact) mass is 332 g/mol. The zero-order chi connectivity index (χ0) is 16.5. The zero-order valence-corrected chi connectivity index (χ0v) is 14.1. The van der Waals surface area contributed by atoms with Gasteiger partial charge in [0.25, 0.3) is 0 Å². The second kappa shape index (κ2) is 6.06. The predicted octanol–water partition coefficient (Wildman–Crippen LogP) is 4.94. The van der Waals surface area contributed by atoms with Gasteiger partial charge in [0, 0.05) is 0 Å². The van der Waals surface area contributed by atoms with Crippen LogP contribution in [0.3, 0.4) is 0 Å². The van der Waals surface area contributed by atoms with E-state index in [4.69, 9.17) is 0 Å². The van der Waals surface area contributed by atoms with Gasteiger partial charge in [-0.25, -0.2) is 4.98 Å². The Kier molecular flexibility index (Phi) is 3.75. The molecule has 0 saturated carbocycles. The molecule has 0 aliphatic rings. The number of amides is 1. The summed E-state index contributed by atoms with van der Waals surface area (Å²) in [6, 6.07) is 20.3. The summed E-state index contributed by atoms with van der Waals surface area (Å²) in [5, 5.41) is 5.87. The Balaban J connectivity index is 1.58. The second-order valence-electron chi connectivity index (χ2n) is 5.80. The first-order valence-corrected chi connectivity index (χ1v) is 8.65. The van der Waals surface area contributed by atoms with Crippen LogP contribution in [0.25, 0.3) is 21.0 Å². The summed E-state index contributed by atoms with van der Waals surface area (Å²) in [6.07, 6.45) is 0.344. The van der Waals surface area contributed by atoms with E-state index in [1.807, 2.05) is 49.4 Å². The summed E-state index contributed by atoms with van der Waals surface area (Å²) in [5.41, 5.74) is 3.11. The van der Waals surface area contributed by atoms with Gasteiger partial charge in [0.15, 0.2) is 5.13 Å². The average Bonchev–Trinajstić information content (AvgIpc) is 2.99. The van der Waals surface area contributed by atoms with E-state index in [1.54, 1.807) is 0 Å². The average molecular weight is 332 g/mol. The van der Waals surface area contributed by atoms with Gasteiger partial charge >= 0.3 is 0 Å². The van der Waals surface area contributed by atoms with Gasteiger partial charge in [-0.15, -0.1) is 0 Å². The molecule has 3 nitrogen and oxygen atoms in total. The minimum Gasteiger partial charge on any atom is -0.302 e. The van der Waals surface area contributed by atoms with Gasteiger partial charge in [0.05, 0.1) is 16.6 Å². The molecule has 1 amide bonds. The molecule has 1 heterocycles. The van der Waals surface area contributed by atoms with Crippen molar-refractivity contribution in [3.63, 3.8) is 0 Å². The van der Waals surface area contributed by atoms with E-state index in [1.165, 1.54) is 11.3 Å². The maximum Gasteiger partial charge on any atom is 0.230 e. The molecule has 118 valence electrons. The molecule has 24 heavy (non-hydrogen) atoms. The molecule has 0 atom stereocenters. The lowest BCUT2D eigenvalue weighted by atomic mass is 10.0. The SMILES string of the molecule is Cc1cccc2sc(NC(=O)Cc3cccc4ccccc34)nc12. The number of thiazole rings is 1. The van der Waals surface area contributed by atoms with Crippen LogP contribution in [0.2, 0.25) is 0 Å². The number of nitrogens with zero attached hydrogens (tertiary/aromatic N) is 1. The highest BCUT2D eigenvalue weighted by Gasteiger charge is 2.11. The Hall–Kier alpha value is -2.72. The fourth-order valence-electron chi connectivity index (χ4n) is 2.92. The van der Waals surface area contributed by atoms with Crippen molar-refractivity contribution >= 4 is 43.4 Å². The van der Waals surface area contributed by atoms with Crippen molar-refractivity contribution in [1.82, 2.24) is 4.98 Å². The number of rotatable bonds is 3. The van der Waals surface area contributed by atoms with E-state index >= 15 is 0 Å². The van der Waals surface area contributed by atoms with Crippen LogP contribution in [-0.4, -0.2) is 10.9 Å². The van der Waals surface area contributed by atoms with Crippen LogP contribution < -0.4 is 5.32 Å². The van der Waals surface area contributed by atoms with Crippen molar-refractivity contribution in [2.45, 2.75) is 13.3 Å². The Morgan fingerprint density at radius 1 is 1.04 bits per heavy atom. The predicted molar refractivity (Wildman–Crippen MR) is 101 cm³/mol. The normalized spacial score (nSPS) is 11.0. The lowest BCUT2D eigenvalue weighted by Gasteiger charge is -2.06. The lowest BCUT2D eigenvalue weighted by molar-refractivity contribution is -0.115. The first-order valence-electron chi connectivity index (χ1n) is 7.83. The number of carbonyl (C=O) groups is 1. The number of aryl methyl sites for hydroxylation is 1. The molecule has 4 heteroatoms. The molecule has 4 rings (SSSR count). The van der Waals surface area contributed by atoms with E-state index in [9.17, 15) is 4.79 Å². The standard InChI is InChI=1S/C20H16N2OS/c1-13-6-4-11-17-19(13)22-20(24-17)21-18(23)12-15-9-5-8-14-7-2-3-10-16(14)15/h2-11H,12H2,1H3,(H,21,22,23). The van der Waals surface area contributed by atoms with Crippen molar-refractivity contribution in [1.29, 1.82) is 0 Å². The molecule has 3 aromatic carbocycles. The molecular weight excluding hydrogens is 316 g/mol.